The average Bonchev–Trinajstić information content (AvgIpc) is 3.08. The van der Waals surface area contributed by atoms with Crippen molar-refractivity contribution >= 4 is 11.8 Å². The van der Waals surface area contributed by atoms with Gasteiger partial charge in [-0.3, -0.25) is 9.59 Å². The van der Waals surface area contributed by atoms with Crippen molar-refractivity contribution in [1.29, 1.82) is 0 Å². The molecule has 3 saturated heterocycles. The molecular formula is C14H22N2O3. The van der Waals surface area contributed by atoms with E-state index in [9.17, 15) is 9.59 Å². The van der Waals surface area contributed by atoms with Crippen molar-refractivity contribution in [3.8, 4) is 0 Å². The fourth-order valence-electron chi connectivity index (χ4n) is 3.44. The van der Waals surface area contributed by atoms with Gasteiger partial charge in [0, 0.05) is 45.3 Å². The van der Waals surface area contributed by atoms with Crippen molar-refractivity contribution in [2.24, 2.45) is 5.92 Å². The topological polar surface area (TPSA) is 49.9 Å². The van der Waals surface area contributed by atoms with E-state index in [0.29, 0.717) is 13.0 Å². The molecule has 2 amide bonds. The van der Waals surface area contributed by atoms with E-state index < -0.39 is 0 Å². The molecule has 0 spiro atoms. The van der Waals surface area contributed by atoms with Gasteiger partial charge in [0.1, 0.15) is 0 Å². The Hall–Kier alpha value is -1.10. The fourth-order valence-corrected chi connectivity index (χ4v) is 3.44. The molecule has 3 aliphatic rings. The maximum Gasteiger partial charge on any atom is 0.227 e. The lowest BCUT2D eigenvalue weighted by atomic mass is 10.1. The van der Waals surface area contributed by atoms with Gasteiger partial charge in [0.15, 0.2) is 0 Å². The summed E-state index contributed by atoms with van der Waals surface area (Å²) in [6.45, 7) is 3.85. The van der Waals surface area contributed by atoms with Crippen LogP contribution in [-0.2, 0) is 14.3 Å². The number of nitrogens with zero attached hydrogens (tertiary/aromatic N) is 2. The van der Waals surface area contributed by atoms with Crippen LogP contribution in [-0.4, -0.2) is 60.5 Å². The summed E-state index contributed by atoms with van der Waals surface area (Å²) in [5.41, 5.74) is 0. The third kappa shape index (κ3) is 2.61. The van der Waals surface area contributed by atoms with Gasteiger partial charge in [-0.25, -0.2) is 0 Å². The molecule has 0 saturated carbocycles. The van der Waals surface area contributed by atoms with Gasteiger partial charge < -0.3 is 14.5 Å². The van der Waals surface area contributed by atoms with Crippen molar-refractivity contribution in [2.75, 3.05) is 32.8 Å². The Kier molecular flexibility index (Phi) is 3.73. The quantitative estimate of drug-likeness (QED) is 0.737. The number of hydrogen-bond donors (Lipinski definition) is 0. The SMILES string of the molecule is O=C(C1CC(=O)N(C2CCOCC2)C1)N1CCCC1. The Bertz CT molecular complexity index is 360. The number of hydrogen-bond acceptors (Lipinski definition) is 3. The molecular weight excluding hydrogens is 244 g/mol. The number of amides is 2. The fraction of sp³-hybridized carbons (Fsp3) is 0.857. The second-order valence-electron chi connectivity index (χ2n) is 5.82. The Morgan fingerprint density at radius 3 is 2.53 bits per heavy atom. The van der Waals surface area contributed by atoms with Crippen LogP contribution in [0.3, 0.4) is 0 Å². The second kappa shape index (κ2) is 5.49. The highest BCUT2D eigenvalue weighted by Crippen LogP contribution is 2.27. The minimum atomic E-state index is -0.103. The van der Waals surface area contributed by atoms with Gasteiger partial charge in [-0.1, -0.05) is 0 Å². The van der Waals surface area contributed by atoms with Crippen molar-refractivity contribution in [1.82, 2.24) is 9.80 Å². The molecule has 0 N–H and O–H groups in total. The summed E-state index contributed by atoms with van der Waals surface area (Å²) in [5.74, 6) is 0.248. The van der Waals surface area contributed by atoms with E-state index in [1.54, 1.807) is 0 Å². The summed E-state index contributed by atoms with van der Waals surface area (Å²) in [6, 6.07) is 0.289. The zero-order chi connectivity index (χ0) is 13.2. The van der Waals surface area contributed by atoms with Crippen molar-refractivity contribution < 1.29 is 14.3 Å². The summed E-state index contributed by atoms with van der Waals surface area (Å²) in [4.78, 5) is 28.3. The van der Waals surface area contributed by atoms with Gasteiger partial charge >= 0.3 is 0 Å². The molecule has 3 aliphatic heterocycles. The normalized spacial score (nSPS) is 29.3. The van der Waals surface area contributed by atoms with E-state index in [0.717, 1.165) is 52.0 Å². The van der Waals surface area contributed by atoms with Crippen LogP contribution in [0.1, 0.15) is 32.1 Å². The Morgan fingerprint density at radius 1 is 1.16 bits per heavy atom. The highest BCUT2D eigenvalue weighted by Gasteiger charge is 2.40. The predicted molar refractivity (Wildman–Crippen MR) is 69.5 cm³/mol. The molecule has 0 aliphatic carbocycles. The van der Waals surface area contributed by atoms with E-state index in [1.165, 1.54) is 0 Å². The van der Waals surface area contributed by atoms with Crippen LogP contribution in [0.5, 0.6) is 0 Å². The van der Waals surface area contributed by atoms with E-state index in [4.69, 9.17) is 4.74 Å². The molecule has 5 heteroatoms. The van der Waals surface area contributed by atoms with Gasteiger partial charge in [-0.05, 0) is 25.7 Å². The van der Waals surface area contributed by atoms with Gasteiger partial charge in [0.05, 0.1) is 5.92 Å². The maximum atomic E-state index is 12.3. The smallest absolute Gasteiger partial charge is 0.227 e. The molecule has 0 aromatic carbocycles. The summed E-state index contributed by atoms with van der Waals surface area (Å²) >= 11 is 0. The number of carbonyl (C=O) groups excluding carboxylic acids is 2. The first-order chi connectivity index (χ1) is 9.25. The second-order valence-corrected chi connectivity index (χ2v) is 5.82. The van der Waals surface area contributed by atoms with Crippen molar-refractivity contribution in [2.45, 2.75) is 38.1 Å². The standard InChI is InChI=1S/C14H22N2O3/c17-13-9-11(14(18)15-5-1-2-6-15)10-16(13)12-3-7-19-8-4-12/h11-12H,1-10H2. The van der Waals surface area contributed by atoms with Crippen LogP contribution in [0, 0.1) is 5.92 Å². The first kappa shape index (κ1) is 12.9. The van der Waals surface area contributed by atoms with Crippen LogP contribution in [0.2, 0.25) is 0 Å². The first-order valence-electron chi connectivity index (χ1n) is 7.41. The monoisotopic (exact) mass is 266 g/mol. The average molecular weight is 266 g/mol. The number of rotatable bonds is 2. The molecule has 19 heavy (non-hydrogen) atoms. The molecule has 1 unspecified atom stereocenters. The third-order valence-electron chi connectivity index (χ3n) is 4.56. The number of ether oxygens (including phenoxy) is 1. The zero-order valence-corrected chi connectivity index (χ0v) is 11.3. The maximum absolute atomic E-state index is 12.3. The molecule has 3 heterocycles. The van der Waals surface area contributed by atoms with Gasteiger partial charge in [0.25, 0.3) is 0 Å². The Balaban J connectivity index is 1.60. The minimum absolute atomic E-state index is 0.103. The molecule has 1 atom stereocenters. The van der Waals surface area contributed by atoms with Crippen LogP contribution in [0.25, 0.3) is 0 Å². The highest BCUT2D eigenvalue weighted by atomic mass is 16.5. The minimum Gasteiger partial charge on any atom is -0.381 e. The summed E-state index contributed by atoms with van der Waals surface area (Å²) < 4.78 is 5.34. The summed E-state index contributed by atoms with van der Waals surface area (Å²) in [5, 5.41) is 0. The van der Waals surface area contributed by atoms with Crippen LogP contribution < -0.4 is 0 Å². The van der Waals surface area contributed by atoms with E-state index in [2.05, 4.69) is 0 Å². The third-order valence-corrected chi connectivity index (χ3v) is 4.56. The highest BCUT2D eigenvalue weighted by molar-refractivity contribution is 5.89. The Labute approximate surface area is 113 Å². The lowest BCUT2D eigenvalue weighted by Crippen LogP contribution is -2.41. The first-order valence-corrected chi connectivity index (χ1v) is 7.41. The van der Waals surface area contributed by atoms with Crippen LogP contribution in [0.15, 0.2) is 0 Å². The van der Waals surface area contributed by atoms with E-state index in [-0.39, 0.29) is 23.8 Å². The molecule has 0 aromatic heterocycles. The number of carbonyl (C=O) groups is 2. The van der Waals surface area contributed by atoms with Crippen LogP contribution >= 0.6 is 0 Å². The van der Waals surface area contributed by atoms with Crippen molar-refractivity contribution in [3.63, 3.8) is 0 Å². The van der Waals surface area contributed by atoms with Gasteiger partial charge in [-0.2, -0.15) is 0 Å². The molecule has 3 rings (SSSR count). The molecule has 0 bridgehead atoms. The largest absolute Gasteiger partial charge is 0.381 e. The molecule has 3 fully saturated rings. The summed E-state index contributed by atoms with van der Waals surface area (Å²) in [7, 11) is 0. The van der Waals surface area contributed by atoms with Gasteiger partial charge in [-0.15, -0.1) is 0 Å². The predicted octanol–water partition coefficient (Wildman–Crippen LogP) is 0.636. The van der Waals surface area contributed by atoms with Gasteiger partial charge in [0.2, 0.25) is 11.8 Å². The zero-order valence-electron chi connectivity index (χ0n) is 11.3. The van der Waals surface area contributed by atoms with Crippen LogP contribution in [0.4, 0.5) is 0 Å². The summed E-state index contributed by atoms with van der Waals surface area (Å²) in [6.07, 6.45) is 4.45. The Morgan fingerprint density at radius 2 is 1.84 bits per heavy atom. The van der Waals surface area contributed by atoms with Crippen molar-refractivity contribution in [3.05, 3.63) is 0 Å². The molecule has 0 aromatic rings. The molecule has 0 radical (unpaired) electrons. The van der Waals surface area contributed by atoms with E-state index in [1.807, 2.05) is 9.80 Å². The lowest BCUT2D eigenvalue weighted by Gasteiger charge is -2.31. The molecule has 5 nitrogen and oxygen atoms in total. The van der Waals surface area contributed by atoms with E-state index >= 15 is 0 Å². The number of likely N-dealkylation sites (tertiary alicyclic amines) is 2. The lowest BCUT2D eigenvalue weighted by molar-refractivity contribution is -0.135. The molecule has 106 valence electrons.